The second-order valence-electron chi connectivity index (χ2n) is 6.98. The first kappa shape index (κ1) is 17.3. The Balaban J connectivity index is 2.18. The van der Waals surface area contributed by atoms with E-state index >= 15 is 0 Å². The maximum atomic E-state index is 12.6. The smallest absolute Gasteiger partial charge is 0.422 e. The van der Waals surface area contributed by atoms with E-state index in [9.17, 15) is 4.79 Å². The molecule has 1 unspecified atom stereocenters. The van der Waals surface area contributed by atoms with Crippen molar-refractivity contribution in [2.45, 2.75) is 52.7 Å². The van der Waals surface area contributed by atoms with E-state index in [0.717, 1.165) is 22.0 Å². The van der Waals surface area contributed by atoms with Gasteiger partial charge in [0, 0.05) is 5.92 Å². The van der Waals surface area contributed by atoms with E-state index in [2.05, 4.69) is 24.3 Å². The quantitative estimate of drug-likeness (QED) is 0.648. The summed E-state index contributed by atoms with van der Waals surface area (Å²) in [4.78, 5) is 12.6. The molecular weight excluding hydrogens is 314 g/mol. The highest BCUT2D eigenvalue weighted by Gasteiger charge is 2.26. The first-order valence-electron chi connectivity index (χ1n) is 8.79. The van der Waals surface area contributed by atoms with Crippen molar-refractivity contribution in [2.75, 3.05) is 0 Å². The molecule has 0 saturated carbocycles. The standard InChI is InChI=1S/C21H25NO3/c1-13(2)19-20(24-14(3)4)25-21(23)22(19)15(5)17-12-8-10-16-9-6-7-11-18(16)17/h6-15H,1-5H3. The lowest BCUT2D eigenvalue weighted by Crippen LogP contribution is -2.22. The van der Waals surface area contributed by atoms with Crippen LogP contribution in [-0.2, 0) is 0 Å². The average molecular weight is 339 g/mol. The minimum Gasteiger partial charge on any atom is -0.461 e. The van der Waals surface area contributed by atoms with E-state index in [0.29, 0.717) is 5.95 Å². The predicted octanol–water partition coefficient (Wildman–Crippen LogP) is 5.11. The van der Waals surface area contributed by atoms with Gasteiger partial charge in [-0.25, -0.2) is 4.79 Å². The molecule has 0 aliphatic carbocycles. The maximum Gasteiger partial charge on any atom is 0.422 e. The molecule has 1 aromatic heterocycles. The molecule has 1 heterocycles. The molecule has 2 aromatic carbocycles. The third-order valence-corrected chi connectivity index (χ3v) is 4.40. The molecule has 132 valence electrons. The summed E-state index contributed by atoms with van der Waals surface area (Å²) < 4.78 is 12.9. The molecule has 0 aliphatic rings. The molecule has 0 fully saturated rings. The van der Waals surface area contributed by atoms with Crippen LogP contribution >= 0.6 is 0 Å². The fourth-order valence-electron chi connectivity index (χ4n) is 3.31. The van der Waals surface area contributed by atoms with Gasteiger partial charge >= 0.3 is 11.7 Å². The van der Waals surface area contributed by atoms with Crippen molar-refractivity contribution in [3.63, 3.8) is 0 Å². The van der Waals surface area contributed by atoms with Gasteiger partial charge in [0.05, 0.1) is 12.1 Å². The van der Waals surface area contributed by atoms with Crippen LogP contribution in [0.2, 0.25) is 0 Å². The van der Waals surface area contributed by atoms with Gasteiger partial charge < -0.3 is 9.15 Å². The maximum absolute atomic E-state index is 12.6. The summed E-state index contributed by atoms with van der Waals surface area (Å²) in [5.74, 6) is 0.0690. The summed E-state index contributed by atoms with van der Waals surface area (Å²) in [6.07, 6.45) is -0.0515. The van der Waals surface area contributed by atoms with Crippen LogP contribution in [0.15, 0.2) is 51.7 Å². The van der Waals surface area contributed by atoms with Crippen molar-refractivity contribution in [2.24, 2.45) is 0 Å². The van der Waals surface area contributed by atoms with E-state index in [-0.39, 0.29) is 23.8 Å². The number of hydrogen-bond donors (Lipinski definition) is 0. The lowest BCUT2D eigenvalue weighted by molar-refractivity contribution is 0.179. The predicted molar refractivity (Wildman–Crippen MR) is 101 cm³/mol. The minimum atomic E-state index is -0.375. The topological polar surface area (TPSA) is 44.4 Å². The zero-order valence-corrected chi connectivity index (χ0v) is 15.4. The van der Waals surface area contributed by atoms with Crippen LogP contribution in [0.5, 0.6) is 5.95 Å². The molecule has 0 spiro atoms. The number of fused-ring (bicyclic) bond motifs is 1. The molecule has 0 bridgehead atoms. The van der Waals surface area contributed by atoms with Gasteiger partial charge in [0.25, 0.3) is 0 Å². The van der Waals surface area contributed by atoms with Gasteiger partial charge in [0.1, 0.15) is 5.69 Å². The highest BCUT2D eigenvalue weighted by atomic mass is 16.6. The highest BCUT2D eigenvalue weighted by Crippen LogP contribution is 2.33. The van der Waals surface area contributed by atoms with Gasteiger partial charge in [-0.3, -0.25) is 4.57 Å². The monoisotopic (exact) mass is 339 g/mol. The second kappa shape index (κ2) is 6.79. The van der Waals surface area contributed by atoms with Gasteiger partial charge in [-0.1, -0.05) is 56.3 Å². The third-order valence-electron chi connectivity index (χ3n) is 4.40. The first-order chi connectivity index (χ1) is 11.9. The fourth-order valence-corrected chi connectivity index (χ4v) is 3.31. The van der Waals surface area contributed by atoms with Crippen molar-refractivity contribution in [1.82, 2.24) is 4.57 Å². The van der Waals surface area contributed by atoms with Gasteiger partial charge in [-0.15, -0.1) is 0 Å². The lowest BCUT2D eigenvalue weighted by Gasteiger charge is -2.19. The molecule has 0 N–H and O–H groups in total. The van der Waals surface area contributed by atoms with Crippen molar-refractivity contribution in [3.05, 3.63) is 64.3 Å². The van der Waals surface area contributed by atoms with Crippen LogP contribution < -0.4 is 10.5 Å². The zero-order valence-electron chi connectivity index (χ0n) is 15.4. The van der Waals surface area contributed by atoms with Crippen LogP contribution in [0.3, 0.4) is 0 Å². The largest absolute Gasteiger partial charge is 0.461 e. The molecule has 0 amide bonds. The molecular formula is C21H25NO3. The summed E-state index contributed by atoms with van der Waals surface area (Å²) in [5, 5.41) is 2.31. The summed E-state index contributed by atoms with van der Waals surface area (Å²) in [7, 11) is 0. The Hall–Kier alpha value is -2.49. The summed E-state index contributed by atoms with van der Waals surface area (Å²) >= 11 is 0. The first-order valence-corrected chi connectivity index (χ1v) is 8.79. The van der Waals surface area contributed by atoms with Gasteiger partial charge in [-0.2, -0.15) is 0 Å². The average Bonchev–Trinajstić information content (AvgIpc) is 2.89. The SMILES string of the molecule is CC(C)Oc1oc(=O)n(C(C)c2cccc3ccccc23)c1C(C)C. The Morgan fingerprint density at radius 1 is 0.960 bits per heavy atom. The second-order valence-corrected chi connectivity index (χ2v) is 6.98. The Morgan fingerprint density at radius 3 is 2.32 bits per heavy atom. The van der Waals surface area contributed by atoms with Crippen LogP contribution in [-0.4, -0.2) is 10.7 Å². The number of oxazole rings is 1. The molecule has 1 atom stereocenters. The molecule has 0 radical (unpaired) electrons. The number of hydrogen-bond acceptors (Lipinski definition) is 3. The van der Waals surface area contributed by atoms with Crippen LogP contribution in [0.25, 0.3) is 10.8 Å². The van der Waals surface area contributed by atoms with Crippen molar-refractivity contribution in [1.29, 1.82) is 0 Å². The van der Waals surface area contributed by atoms with E-state index < -0.39 is 0 Å². The molecule has 3 rings (SSSR count). The third kappa shape index (κ3) is 3.21. The highest BCUT2D eigenvalue weighted by molar-refractivity contribution is 5.86. The number of ether oxygens (including phenoxy) is 1. The Kier molecular flexibility index (Phi) is 4.71. The van der Waals surface area contributed by atoms with Gasteiger partial charge in [0.2, 0.25) is 0 Å². The Bertz CT molecular complexity index is 928. The van der Waals surface area contributed by atoms with Crippen LogP contribution in [0, 0.1) is 0 Å². The van der Waals surface area contributed by atoms with E-state index in [4.69, 9.17) is 9.15 Å². The Labute approximate surface area is 148 Å². The lowest BCUT2D eigenvalue weighted by atomic mass is 9.99. The Morgan fingerprint density at radius 2 is 1.64 bits per heavy atom. The molecule has 25 heavy (non-hydrogen) atoms. The van der Waals surface area contributed by atoms with E-state index in [1.807, 2.05) is 52.8 Å². The number of benzene rings is 2. The van der Waals surface area contributed by atoms with Crippen molar-refractivity contribution >= 4 is 10.8 Å². The molecule has 4 heteroatoms. The summed E-state index contributed by atoms with van der Waals surface area (Å²) in [5.41, 5.74) is 1.90. The van der Waals surface area contributed by atoms with Crippen molar-refractivity contribution < 1.29 is 9.15 Å². The van der Waals surface area contributed by atoms with Gasteiger partial charge in [0.15, 0.2) is 0 Å². The van der Waals surface area contributed by atoms with Crippen LogP contribution in [0.4, 0.5) is 0 Å². The number of nitrogens with zero attached hydrogens (tertiary/aromatic N) is 1. The van der Waals surface area contributed by atoms with E-state index in [1.165, 1.54) is 0 Å². The fraction of sp³-hybridized carbons (Fsp3) is 0.381. The summed E-state index contributed by atoms with van der Waals surface area (Å²) in [6, 6.07) is 14.2. The van der Waals surface area contributed by atoms with Gasteiger partial charge in [-0.05, 0) is 37.1 Å². The van der Waals surface area contributed by atoms with E-state index in [1.54, 1.807) is 4.57 Å². The molecule has 0 saturated heterocycles. The molecule has 4 nitrogen and oxygen atoms in total. The minimum absolute atomic E-state index is 0.0515. The zero-order chi connectivity index (χ0) is 18.1. The number of aromatic nitrogens is 1. The normalized spacial score (nSPS) is 12.9. The molecule has 3 aromatic rings. The summed E-state index contributed by atoms with van der Waals surface area (Å²) in [6.45, 7) is 9.97. The van der Waals surface area contributed by atoms with Crippen molar-refractivity contribution in [3.8, 4) is 5.95 Å². The number of rotatable bonds is 5. The molecule has 0 aliphatic heterocycles. The van der Waals surface area contributed by atoms with Crippen LogP contribution in [0.1, 0.15) is 57.8 Å².